The van der Waals surface area contributed by atoms with Crippen molar-refractivity contribution >= 4 is 40.3 Å². The molecule has 0 spiro atoms. The Hall–Kier alpha value is -2.21. The summed E-state index contributed by atoms with van der Waals surface area (Å²) in [6.07, 6.45) is 0.438. The number of hydrogen-bond acceptors (Lipinski definition) is 5. The van der Waals surface area contributed by atoms with Gasteiger partial charge in [-0.15, -0.1) is 11.3 Å². The molecule has 0 amide bonds. The molecular weight excluding hydrogens is 415 g/mol. The zero-order valence-corrected chi connectivity index (χ0v) is 17.3. The standard InChI is InChI=1S/C21H16Cl2N2O2S/c1-26-14-6-4-12(5-7-14)17-11-18-15-9-13(22)10-16(23)20(15)27-21(25(18)24-17)19-3-2-8-28-19/h2-10,18,21H,11H2,1H3. The van der Waals surface area contributed by atoms with Gasteiger partial charge in [-0.05, 0) is 53.4 Å². The van der Waals surface area contributed by atoms with E-state index in [0.29, 0.717) is 15.8 Å². The average Bonchev–Trinajstić information content (AvgIpc) is 3.38. The van der Waals surface area contributed by atoms with Crippen LogP contribution in [0.1, 0.15) is 34.7 Å². The quantitative estimate of drug-likeness (QED) is 0.488. The lowest BCUT2D eigenvalue weighted by Gasteiger charge is -2.38. The third-order valence-corrected chi connectivity index (χ3v) is 6.42. The summed E-state index contributed by atoms with van der Waals surface area (Å²) in [4.78, 5) is 1.08. The van der Waals surface area contributed by atoms with Crippen LogP contribution in [0.5, 0.6) is 11.5 Å². The van der Waals surface area contributed by atoms with Gasteiger partial charge >= 0.3 is 0 Å². The number of fused-ring (bicyclic) bond motifs is 3. The van der Waals surface area contributed by atoms with Crippen molar-refractivity contribution < 1.29 is 9.47 Å². The van der Waals surface area contributed by atoms with Crippen LogP contribution >= 0.6 is 34.5 Å². The summed E-state index contributed by atoms with van der Waals surface area (Å²) in [7, 11) is 1.66. The SMILES string of the molecule is COc1ccc(C2=NN3C(C2)c2cc(Cl)cc(Cl)c2OC3c2cccs2)cc1. The van der Waals surface area contributed by atoms with Gasteiger partial charge in [0.25, 0.3) is 0 Å². The smallest absolute Gasteiger partial charge is 0.223 e. The van der Waals surface area contributed by atoms with Crippen LogP contribution < -0.4 is 9.47 Å². The molecule has 4 nitrogen and oxygen atoms in total. The lowest BCUT2D eigenvalue weighted by Crippen LogP contribution is -2.33. The van der Waals surface area contributed by atoms with Gasteiger partial charge in [0.1, 0.15) is 11.5 Å². The molecule has 2 atom stereocenters. The Labute approximate surface area is 176 Å². The Bertz CT molecular complexity index is 1050. The van der Waals surface area contributed by atoms with Crippen LogP contribution in [0.2, 0.25) is 10.0 Å². The molecule has 2 aliphatic rings. The highest BCUT2D eigenvalue weighted by Gasteiger charge is 2.42. The molecule has 0 bridgehead atoms. The van der Waals surface area contributed by atoms with E-state index in [1.807, 2.05) is 46.8 Å². The van der Waals surface area contributed by atoms with E-state index in [4.69, 9.17) is 37.8 Å². The van der Waals surface area contributed by atoms with Crippen LogP contribution in [-0.2, 0) is 0 Å². The molecule has 1 aromatic heterocycles. The van der Waals surface area contributed by atoms with Crippen LogP contribution in [-0.4, -0.2) is 17.8 Å². The molecule has 0 saturated carbocycles. The topological polar surface area (TPSA) is 34.1 Å². The monoisotopic (exact) mass is 430 g/mol. The fourth-order valence-corrected chi connectivity index (χ4v) is 4.99. The molecule has 0 radical (unpaired) electrons. The maximum absolute atomic E-state index is 6.48. The van der Waals surface area contributed by atoms with E-state index >= 15 is 0 Å². The molecule has 7 heteroatoms. The molecule has 28 heavy (non-hydrogen) atoms. The number of methoxy groups -OCH3 is 1. The number of thiophene rings is 1. The molecule has 0 N–H and O–H groups in total. The van der Waals surface area contributed by atoms with E-state index in [0.717, 1.165) is 33.9 Å². The van der Waals surface area contributed by atoms with Gasteiger partial charge in [0.2, 0.25) is 6.23 Å². The zero-order chi connectivity index (χ0) is 19.3. The van der Waals surface area contributed by atoms with Crippen molar-refractivity contribution in [3.8, 4) is 11.5 Å². The van der Waals surface area contributed by atoms with Crippen molar-refractivity contribution in [3.63, 3.8) is 0 Å². The van der Waals surface area contributed by atoms with E-state index in [9.17, 15) is 0 Å². The second-order valence-corrected chi connectivity index (χ2v) is 8.49. The van der Waals surface area contributed by atoms with E-state index in [1.54, 1.807) is 24.5 Å². The highest BCUT2D eigenvalue weighted by atomic mass is 35.5. The molecule has 5 rings (SSSR count). The highest BCUT2D eigenvalue weighted by molar-refractivity contribution is 7.10. The number of hydrogen-bond donors (Lipinski definition) is 0. The maximum atomic E-state index is 6.48. The summed E-state index contributed by atoms with van der Waals surface area (Å²) >= 11 is 14.4. The van der Waals surface area contributed by atoms with Gasteiger partial charge in [0.05, 0.1) is 28.8 Å². The third-order valence-electron chi connectivity index (χ3n) is 5.02. The summed E-state index contributed by atoms with van der Waals surface area (Å²) in [5.41, 5.74) is 3.04. The van der Waals surface area contributed by atoms with Gasteiger partial charge in [-0.3, -0.25) is 0 Å². The van der Waals surface area contributed by atoms with E-state index in [1.165, 1.54) is 0 Å². The third kappa shape index (κ3) is 2.94. The number of ether oxygens (including phenoxy) is 2. The first-order valence-electron chi connectivity index (χ1n) is 8.83. The van der Waals surface area contributed by atoms with Crippen LogP contribution in [0, 0.1) is 0 Å². The van der Waals surface area contributed by atoms with E-state index < -0.39 is 0 Å². The van der Waals surface area contributed by atoms with Crippen LogP contribution in [0.4, 0.5) is 0 Å². The first-order valence-corrected chi connectivity index (χ1v) is 10.5. The highest BCUT2D eigenvalue weighted by Crippen LogP contribution is 2.51. The Kier molecular flexibility index (Phi) is 4.46. The van der Waals surface area contributed by atoms with Crippen LogP contribution in [0.25, 0.3) is 0 Å². The fourth-order valence-electron chi connectivity index (χ4n) is 3.69. The Morgan fingerprint density at radius 1 is 1.18 bits per heavy atom. The molecule has 2 aromatic carbocycles. The first kappa shape index (κ1) is 17.9. The molecule has 2 unspecified atom stereocenters. The predicted molar refractivity (Wildman–Crippen MR) is 113 cm³/mol. The van der Waals surface area contributed by atoms with Gasteiger partial charge in [0, 0.05) is 17.0 Å². The largest absolute Gasteiger partial charge is 0.497 e. The first-order chi connectivity index (χ1) is 13.6. The number of hydrazone groups is 1. The van der Waals surface area contributed by atoms with Gasteiger partial charge in [0.15, 0.2) is 0 Å². The fraction of sp³-hybridized carbons (Fsp3) is 0.190. The minimum absolute atomic E-state index is 0.0177. The Morgan fingerprint density at radius 2 is 2.00 bits per heavy atom. The normalized spacial score (nSPS) is 20.2. The summed E-state index contributed by atoms with van der Waals surface area (Å²) in [6.45, 7) is 0. The summed E-state index contributed by atoms with van der Waals surface area (Å²) in [5, 5.41) is 10.1. The lowest BCUT2D eigenvalue weighted by atomic mass is 9.96. The molecule has 2 aliphatic heterocycles. The maximum Gasteiger partial charge on any atom is 0.223 e. The van der Waals surface area contributed by atoms with Crippen molar-refractivity contribution in [2.24, 2.45) is 5.10 Å². The molecular formula is C21H16Cl2N2O2S. The molecule has 142 valence electrons. The molecule has 3 aromatic rings. The Balaban J connectivity index is 1.59. The van der Waals surface area contributed by atoms with E-state index in [2.05, 4.69) is 6.07 Å². The predicted octanol–water partition coefficient (Wildman–Crippen LogP) is 6.31. The van der Waals surface area contributed by atoms with Crippen molar-refractivity contribution in [1.82, 2.24) is 5.01 Å². The minimum Gasteiger partial charge on any atom is -0.497 e. The van der Waals surface area contributed by atoms with Crippen molar-refractivity contribution in [2.45, 2.75) is 18.7 Å². The van der Waals surface area contributed by atoms with Gasteiger partial charge in [-0.25, -0.2) is 5.01 Å². The summed E-state index contributed by atoms with van der Waals surface area (Å²) in [6, 6.07) is 15.7. The van der Waals surface area contributed by atoms with Gasteiger partial charge in [-0.2, -0.15) is 5.10 Å². The summed E-state index contributed by atoms with van der Waals surface area (Å²) in [5.74, 6) is 1.51. The van der Waals surface area contributed by atoms with E-state index in [-0.39, 0.29) is 12.3 Å². The molecule has 0 fully saturated rings. The van der Waals surface area contributed by atoms with Gasteiger partial charge < -0.3 is 9.47 Å². The average molecular weight is 431 g/mol. The number of nitrogens with zero attached hydrogens (tertiary/aromatic N) is 2. The second kappa shape index (κ2) is 6.99. The second-order valence-electron chi connectivity index (χ2n) is 6.67. The number of halogens is 2. The number of rotatable bonds is 3. The summed E-state index contributed by atoms with van der Waals surface area (Å²) < 4.78 is 11.6. The van der Waals surface area contributed by atoms with Crippen molar-refractivity contribution in [2.75, 3.05) is 7.11 Å². The van der Waals surface area contributed by atoms with Crippen molar-refractivity contribution in [3.05, 3.63) is 80.0 Å². The molecule has 0 aliphatic carbocycles. The number of benzene rings is 2. The van der Waals surface area contributed by atoms with Crippen LogP contribution in [0.3, 0.4) is 0 Å². The lowest BCUT2D eigenvalue weighted by molar-refractivity contribution is -0.0165. The molecule has 0 saturated heterocycles. The zero-order valence-electron chi connectivity index (χ0n) is 14.9. The molecule has 3 heterocycles. The Morgan fingerprint density at radius 3 is 2.71 bits per heavy atom. The van der Waals surface area contributed by atoms with Crippen molar-refractivity contribution in [1.29, 1.82) is 0 Å². The van der Waals surface area contributed by atoms with Crippen LogP contribution in [0.15, 0.2) is 59.0 Å². The minimum atomic E-state index is -0.313. The van der Waals surface area contributed by atoms with Gasteiger partial charge in [-0.1, -0.05) is 29.3 Å².